The summed E-state index contributed by atoms with van der Waals surface area (Å²) in [5.74, 6) is -0.0845. The molecule has 3 rings (SSSR count). The molecule has 1 N–H and O–H groups in total. The number of benzene rings is 2. The van der Waals surface area contributed by atoms with Crippen LogP contribution in [0, 0.1) is 0 Å². The lowest BCUT2D eigenvalue weighted by Crippen LogP contribution is -2.23. The van der Waals surface area contributed by atoms with Crippen molar-refractivity contribution in [1.82, 2.24) is 0 Å². The summed E-state index contributed by atoms with van der Waals surface area (Å²) in [6.07, 6.45) is 0.665. The largest absolute Gasteiger partial charge is 0.368 e. The van der Waals surface area contributed by atoms with Crippen LogP contribution in [-0.4, -0.2) is 12.7 Å². The molecule has 0 amide bonds. The van der Waals surface area contributed by atoms with Gasteiger partial charge in [-0.05, 0) is 54.7 Å². The zero-order chi connectivity index (χ0) is 18.7. The Bertz CT molecular complexity index is 777. The number of rotatable bonds is 5. The standard InChI is InChI=1S/C20H25BrNO3P/c1-14(2)16-6-10-19(11-7-16)22-20(17-4-8-18(21)9-5-17)26(23)24-13-12-15(3)25-26/h4-11,14-15,20,22H,12-13H2,1-3H3/t15-,20-,26+/m1/s1. The molecular formula is C20H25BrNO3P. The van der Waals surface area contributed by atoms with Crippen molar-refractivity contribution in [3.63, 3.8) is 0 Å². The summed E-state index contributed by atoms with van der Waals surface area (Å²) >= 11 is 3.45. The molecule has 1 fully saturated rings. The van der Waals surface area contributed by atoms with Gasteiger partial charge >= 0.3 is 7.60 Å². The number of anilines is 1. The monoisotopic (exact) mass is 437 g/mol. The summed E-state index contributed by atoms with van der Waals surface area (Å²) in [5, 5.41) is 3.38. The van der Waals surface area contributed by atoms with E-state index in [1.54, 1.807) is 0 Å². The zero-order valence-electron chi connectivity index (χ0n) is 15.3. The Balaban J connectivity index is 1.92. The summed E-state index contributed by atoms with van der Waals surface area (Å²) in [7, 11) is -3.34. The molecule has 0 saturated carbocycles. The third kappa shape index (κ3) is 4.58. The highest BCUT2D eigenvalue weighted by Gasteiger charge is 2.41. The maximum absolute atomic E-state index is 13.5. The lowest BCUT2D eigenvalue weighted by Gasteiger charge is -2.34. The van der Waals surface area contributed by atoms with Gasteiger partial charge in [-0.1, -0.05) is 54.0 Å². The summed E-state index contributed by atoms with van der Waals surface area (Å²) in [6.45, 7) is 6.71. The smallest absolute Gasteiger partial charge is 0.357 e. The molecule has 0 aliphatic carbocycles. The molecule has 2 aromatic carbocycles. The van der Waals surface area contributed by atoms with Crippen molar-refractivity contribution in [2.24, 2.45) is 0 Å². The first-order valence-corrected chi connectivity index (χ1v) is 11.3. The van der Waals surface area contributed by atoms with Gasteiger partial charge in [-0.2, -0.15) is 0 Å². The molecule has 0 spiro atoms. The second-order valence-electron chi connectivity index (χ2n) is 6.95. The van der Waals surface area contributed by atoms with Crippen LogP contribution in [0.1, 0.15) is 50.0 Å². The van der Waals surface area contributed by atoms with Crippen LogP contribution in [-0.2, 0) is 13.6 Å². The Labute approximate surface area is 164 Å². The van der Waals surface area contributed by atoms with E-state index in [-0.39, 0.29) is 6.10 Å². The first kappa shape index (κ1) is 19.6. The fraction of sp³-hybridized carbons (Fsp3) is 0.400. The van der Waals surface area contributed by atoms with Gasteiger partial charge in [0.25, 0.3) is 0 Å². The van der Waals surface area contributed by atoms with Gasteiger partial charge in [0.1, 0.15) is 0 Å². The van der Waals surface area contributed by atoms with Crippen LogP contribution in [0.2, 0.25) is 0 Å². The predicted molar refractivity (Wildman–Crippen MR) is 110 cm³/mol. The zero-order valence-corrected chi connectivity index (χ0v) is 17.8. The number of hydrogen-bond donors (Lipinski definition) is 1. The molecule has 4 nitrogen and oxygen atoms in total. The van der Waals surface area contributed by atoms with Gasteiger partial charge in [0, 0.05) is 10.2 Å². The molecule has 0 bridgehead atoms. The average Bonchev–Trinajstić information content (AvgIpc) is 2.61. The average molecular weight is 438 g/mol. The van der Waals surface area contributed by atoms with Gasteiger partial charge in [0.2, 0.25) is 0 Å². The molecule has 1 aliphatic heterocycles. The van der Waals surface area contributed by atoms with Crippen molar-refractivity contribution in [2.45, 2.75) is 45.0 Å². The first-order valence-electron chi connectivity index (χ1n) is 8.92. The van der Waals surface area contributed by atoms with Gasteiger partial charge in [0.05, 0.1) is 12.7 Å². The maximum atomic E-state index is 13.5. The van der Waals surface area contributed by atoms with Crippen molar-refractivity contribution in [3.8, 4) is 0 Å². The third-order valence-electron chi connectivity index (χ3n) is 4.51. The SMILES string of the molecule is CC(C)c1ccc(N[C@@H](c2ccc(Br)cc2)[P@]2(=O)OCC[C@@H](C)O2)cc1. The van der Waals surface area contributed by atoms with Gasteiger partial charge in [0.15, 0.2) is 5.78 Å². The van der Waals surface area contributed by atoms with Gasteiger partial charge in [-0.25, -0.2) is 0 Å². The molecule has 6 heteroatoms. The highest BCUT2D eigenvalue weighted by atomic mass is 79.9. The molecule has 0 unspecified atom stereocenters. The minimum Gasteiger partial charge on any atom is -0.368 e. The van der Waals surface area contributed by atoms with E-state index in [2.05, 4.69) is 47.2 Å². The second-order valence-corrected chi connectivity index (χ2v) is 9.93. The van der Waals surface area contributed by atoms with Crippen LogP contribution in [0.25, 0.3) is 0 Å². The van der Waals surface area contributed by atoms with Crippen LogP contribution in [0.4, 0.5) is 5.69 Å². The van der Waals surface area contributed by atoms with E-state index in [1.807, 2.05) is 43.3 Å². The highest BCUT2D eigenvalue weighted by Crippen LogP contribution is 2.63. The van der Waals surface area contributed by atoms with E-state index in [9.17, 15) is 4.57 Å². The van der Waals surface area contributed by atoms with Crippen LogP contribution >= 0.6 is 23.5 Å². The van der Waals surface area contributed by atoms with E-state index in [0.29, 0.717) is 12.5 Å². The molecule has 1 heterocycles. The highest BCUT2D eigenvalue weighted by molar-refractivity contribution is 9.10. The Morgan fingerprint density at radius 3 is 2.27 bits per heavy atom. The molecule has 26 heavy (non-hydrogen) atoms. The quantitative estimate of drug-likeness (QED) is 0.528. The van der Waals surface area contributed by atoms with Gasteiger partial charge in [-0.3, -0.25) is 4.57 Å². The minimum absolute atomic E-state index is 0.0855. The lowest BCUT2D eigenvalue weighted by atomic mass is 10.0. The fourth-order valence-corrected chi connectivity index (χ4v) is 5.33. The van der Waals surface area contributed by atoms with Crippen LogP contribution < -0.4 is 5.32 Å². The Morgan fingerprint density at radius 2 is 1.69 bits per heavy atom. The number of halogens is 1. The number of nitrogens with one attached hydrogen (secondary N) is 1. The predicted octanol–water partition coefficient (Wildman–Crippen LogP) is 6.70. The molecule has 0 radical (unpaired) electrons. The van der Waals surface area contributed by atoms with E-state index < -0.39 is 13.4 Å². The molecule has 1 aliphatic rings. The molecular weight excluding hydrogens is 413 g/mol. The minimum atomic E-state index is -3.34. The summed E-state index contributed by atoms with van der Waals surface area (Å²) in [5.41, 5.74) is 3.03. The normalized spacial score (nSPS) is 24.4. The lowest BCUT2D eigenvalue weighted by molar-refractivity contribution is 0.0887. The van der Waals surface area contributed by atoms with Gasteiger partial charge < -0.3 is 14.4 Å². The van der Waals surface area contributed by atoms with E-state index in [1.165, 1.54) is 5.56 Å². The van der Waals surface area contributed by atoms with Crippen molar-refractivity contribution < 1.29 is 13.6 Å². The number of hydrogen-bond acceptors (Lipinski definition) is 4. The Hall–Kier alpha value is -1.13. The first-order chi connectivity index (χ1) is 12.4. The molecule has 3 atom stereocenters. The van der Waals surface area contributed by atoms with Crippen molar-refractivity contribution in [2.75, 3.05) is 11.9 Å². The Morgan fingerprint density at radius 1 is 1.08 bits per heavy atom. The molecule has 140 valence electrons. The maximum Gasteiger partial charge on any atom is 0.357 e. The van der Waals surface area contributed by atoms with Crippen molar-refractivity contribution >= 4 is 29.2 Å². The van der Waals surface area contributed by atoms with Crippen LogP contribution in [0.5, 0.6) is 0 Å². The van der Waals surface area contributed by atoms with Gasteiger partial charge in [-0.15, -0.1) is 0 Å². The van der Waals surface area contributed by atoms with Crippen molar-refractivity contribution in [3.05, 3.63) is 64.1 Å². The summed E-state index contributed by atoms with van der Waals surface area (Å²) < 4.78 is 26.0. The third-order valence-corrected chi connectivity index (χ3v) is 7.29. The van der Waals surface area contributed by atoms with Crippen LogP contribution in [0.15, 0.2) is 53.0 Å². The van der Waals surface area contributed by atoms with E-state index in [0.717, 1.165) is 22.1 Å². The molecule has 2 aromatic rings. The van der Waals surface area contributed by atoms with Crippen molar-refractivity contribution in [1.29, 1.82) is 0 Å². The second kappa shape index (κ2) is 8.26. The fourth-order valence-electron chi connectivity index (χ4n) is 2.93. The summed E-state index contributed by atoms with van der Waals surface area (Å²) in [4.78, 5) is 0. The van der Waals surface area contributed by atoms with Crippen LogP contribution in [0.3, 0.4) is 0 Å². The van der Waals surface area contributed by atoms with E-state index >= 15 is 0 Å². The molecule has 1 saturated heterocycles. The topological polar surface area (TPSA) is 47.6 Å². The summed E-state index contributed by atoms with van der Waals surface area (Å²) in [6, 6.07) is 16.0. The Kier molecular flexibility index (Phi) is 6.24. The molecule has 0 aromatic heterocycles. The van der Waals surface area contributed by atoms with E-state index in [4.69, 9.17) is 9.05 Å².